The van der Waals surface area contributed by atoms with Crippen molar-refractivity contribution in [2.45, 2.75) is 23.7 Å². The van der Waals surface area contributed by atoms with Crippen LogP contribution in [0.1, 0.15) is 29.9 Å². The summed E-state index contributed by atoms with van der Waals surface area (Å²) in [5.41, 5.74) is 0. The minimum atomic E-state index is -0.208. The third kappa shape index (κ3) is 4.41. The first kappa shape index (κ1) is 12.0. The van der Waals surface area contributed by atoms with E-state index in [1.165, 1.54) is 11.3 Å². The molecule has 78 valence electrons. The molecule has 0 N–H and O–H groups in total. The quantitative estimate of drug-likeness (QED) is 0.481. The summed E-state index contributed by atoms with van der Waals surface area (Å²) in [7, 11) is 0. The minimum absolute atomic E-state index is 0.188. The molecule has 0 unspecified atom stereocenters. The van der Waals surface area contributed by atoms with Gasteiger partial charge in [0.25, 0.3) is 0 Å². The first-order chi connectivity index (χ1) is 6.49. The van der Waals surface area contributed by atoms with Crippen molar-refractivity contribution >= 4 is 39.9 Å². The molecule has 0 saturated heterocycles. The number of carbonyl (C=O) groups is 1. The fraction of sp³-hybridized carbons (Fsp3) is 0.500. The first-order valence-electron chi connectivity index (χ1n) is 4.38. The number of hydrogen-bond acceptors (Lipinski definition) is 3. The van der Waals surface area contributed by atoms with Crippen molar-refractivity contribution in [1.82, 2.24) is 0 Å². The van der Waals surface area contributed by atoms with Crippen LogP contribution in [0.4, 0.5) is 0 Å². The molecule has 2 nitrogen and oxygen atoms in total. The van der Waals surface area contributed by atoms with Gasteiger partial charge in [0.1, 0.15) is 4.88 Å². The number of thiophene rings is 1. The zero-order valence-electron chi connectivity index (χ0n) is 8.25. The SMILES string of the molecule is CC(C)(I)CCOC(=O)c1cccs1. The number of ether oxygens (including phenoxy) is 1. The van der Waals surface area contributed by atoms with Gasteiger partial charge in [-0.25, -0.2) is 4.79 Å². The molecule has 0 atom stereocenters. The Kier molecular flexibility index (Phi) is 4.37. The van der Waals surface area contributed by atoms with Gasteiger partial charge in [0.05, 0.1) is 6.61 Å². The summed E-state index contributed by atoms with van der Waals surface area (Å²) in [6.07, 6.45) is 0.880. The Morgan fingerprint density at radius 1 is 1.64 bits per heavy atom. The zero-order chi connectivity index (χ0) is 10.6. The van der Waals surface area contributed by atoms with Crippen molar-refractivity contribution in [1.29, 1.82) is 0 Å². The summed E-state index contributed by atoms with van der Waals surface area (Å²) >= 11 is 3.76. The molecule has 1 aromatic rings. The Bertz CT molecular complexity index is 288. The van der Waals surface area contributed by atoms with Gasteiger partial charge >= 0.3 is 5.97 Å². The lowest BCUT2D eigenvalue weighted by Crippen LogP contribution is -2.15. The molecule has 0 aliphatic heterocycles. The second kappa shape index (κ2) is 5.11. The Labute approximate surface area is 102 Å². The van der Waals surface area contributed by atoms with Crippen LogP contribution in [-0.2, 0) is 4.74 Å². The van der Waals surface area contributed by atoms with Gasteiger partial charge in [-0.15, -0.1) is 11.3 Å². The van der Waals surface area contributed by atoms with Gasteiger partial charge < -0.3 is 4.74 Å². The molecule has 0 amide bonds. The fourth-order valence-electron chi connectivity index (χ4n) is 0.852. The van der Waals surface area contributed by atoms with Crippen molar-refractivity contribution in [3.05, 3.63) is 22.4 Å². The molecule has 0 aliphatic carbocycles. The van der Waals surface area contributed by atoms with Crippen molar-refractivity contribution in [3.8, 4) is 0 Å². The third-order valence-corrected chi connectivity index (χ3v) is 3.04. The maximum Gasteiger partial charge on any atom is 0.348 e. The molecular weight excluding hydrogens is 311 g/mol. The normalized spacial score (nSPS) is 11.4. The lowest BCUT2D eigenvalue weighted by Gasteiger charge is -2.15. The summed E-state index contributed by atoms with van der Waals surface area (Å²) in [5.74, 6) is -0.208. The highest BCUT2D eigenvalue weighted by atomic mass is 127. The summed E-state index contributed by atoms with van der Waals surface area (Å²) in [4.78, 5) is 12.1. The molecule has 0 bridgehead atoms. The highest BCUT2D eigenvalue weighted by Gasteiger charge is 2.14. The van der Waals surface area contributed by atoms with E-state index in [0.717, 1.165) is 6.42 Å². The second-order valence-corrected chi connectivity index (χ2v) is 7.45. The molecule has 14 heavy (non-hydrogen) atoms. The average molecular weight is 324 g/mol. The minimum Gasteiger partial charge on any atom is -0.461 e. The van der Waals surface area contributed by atoms with Crippen molar-refractivity contribution < 1.29 is 9.53 Å². The number of rotatable bonds is 4. The lowest BCUT2D eigenvalue weighted by atomic mass is 10.1. The van der Waals surface area contributed by atoms with Crippen LogP contribution >= 0.6 is 33.9 Å². The molecule has 0 fully saturated rings. The lowest BCUT2D eigenvalue weighted by molar-refractivity contribution is 0.0501. The van der Waals surface area contributed by atoms with Crippen LogP contribution in [-0.4, -0.2) is 16.0 Å². The van der Waals surface area contributed by atoms with E-state index < -0.39 is 0 Å². The molecule has 0 aliphatic rings. The molecule has 4 heteroatoms. The number of esters is 1. The van der Waals surface area contributed by atoms with Crippen LogP contribution in [0.15, 0.2) is 17.5 Å². The van der Waals surface area contributed by atoms with Crippen LogP contribution in [0, 0.1) is 0 Å². The second-order valence-electron chi connectivity index (χ2n) is 3.58. The zero-order valence-corrected chi connectivity index (χ0v) is 11.2. The van der Waals surface area contributed by atoms with Gasteiger partial charge in [-0.2, -0.15) is 0 Å². The number of alkyl halides is 1. The van der Waals surface area contributed by atoms with Gasteiger partial charge in [-0.05, 0) is 17.9 Å². The number of halogens is 1. The summed E-state index contributed by atoms with van der Waals surface area (Å²) in [6, 6.07) is 3.63. The van der Waals surface area contributed by atoms with Gasteiger partial charge in [-0.1, -0.05) is 42.5 Å². The van der Waals surface area contributed by atoms with Gasteiger partial charge in [0.2, 0.25) is 0 Å². The predicted octanol–water partition coefficient (Wildman–Crippen LogP) is 3.51. The van der Waals surface area contributed by atoms with E-state index in [-0.39, 0.29) is 9.39 Å². The standard InChI is InChI=1S/C10H13IO2S/c1-10(2,11)5-6-13-9(12)8-4-3-7-14-8/h3-4,7H,5-6H2,1-2H3. The fourth-order valence-corrected chi connectivity index (χ4v) is 1.69. The van der Waals surface area contributed by atoms with Crippen LogP contribution < -0.4 is 0 Å². The molecule has 1 rings (SSSR count). The van der Waals surface area contributed by atoms with Crippen molar-refractivity contribution in [3.63, 3.8) is 0 Å². The van der Waals surface area contributed by atoms with E-state index in [1.54, 1.807) is 6.07 Å². The van der Waals surface area contributed by atoms with E-state index in [1.807, 2.05) is 11.4 Å². The van der Waals surface area contributed by atoms with E-state index in [4.69, 9.17) is 4.74 Å². The molecule has 1 aromatic heterocycles. The van der Waals surface area contributed by atoms with Crippen molar-refractivity contribution in [2.75, 3.05) is 6.61 Å². The van der Waals surface area contributed by atoms with E-state index in [2.05, 4.69) is 36.4 Å². The van der Waals surface area contributed by atoms with Crippen LogP contribution in [0.5, 0.6) is 0 Å². The Morgan fingerprint density at radius 3 is 2.86 bits per heavy atom. The van der Waals surface area contributed by atoms with Crippen LogP contribution in [0.25, 0.3) is 0 Å². The Morgan fingerprint density at radius 2 is 2.36 bits per heavy atom. The largest absolute Gasteiger partial charge is 0.461 e. The van der Waals surface area contributed by atoms with Gasteiger partial charge in [-0.3, -0.25) is 0 Å². The van der Waals surface area contributed by atoms with E-state index >= 15 is 0 Å². The monoisotopic (exact) mass is 324 g/mol. The summed E-state index contributed by atoms with van der Waals surface area (Å²) < 4.78 is 5.32. The highest BCUT2D eigenvalue weighted by molar-refractivity contribution is 14.1. The third-order valence-electron chi connectivity index (χ3n) is 1.65. The topological polar surface area (TPSA) is 26.3 Å². The predicted molar refractivity (Wildman–Crippen MR) is 67.3 cm³/mol. The molecular formula is C10H13IO2S. The maximum absolute atomic E-state index is 11.4. The average Bonchev–Trinajstić information content (AvgIpc) is 2.53. The molecule has 0 aromatic carbocycles. The maximum atomic E-state index is 11.4. The summed E-state index contributed by atoms with van der Waals surface area (Å²) in [5, 5.41) is 1.87. The molecule has 0 spiro atoms. The van der Waals surface area contributed by atoms with Gasteiger partial charge in [0, 0.05) is 3.42 Å². The first-order valence-corrected chi connectivity index (χ1v) is 6.34. The highest BCUT2D eigenvalue weighted by Crippen LogP contribution is 2.21. The van der Waals surface area contributed by atoms with Crippen LogP contribution in [0.2, 0.25) is 0 Å². The van der Waals surface area contributed by atoms with Crippen molar-refractivity contribution in [2.24, 2.45) is 0 Å². The Hall–Kier alpha value is -0.100. The molecule has 0 saturated carbocycles. The number of carbonyl (C=O) groups excluding carboxylic acids is 1. The van der Waals surface area contributed by atoms with Gasteiger partial charge in [0.15, 0.2) is 0 Å². The molecule has 0 radical (unpaired) electrons. The molecule has 1 heterocycles. The summed E-state index contributed by atoms with van der Waals surface area (Å²) in [6.45, 7) is 4.73. The van der Waals surface area contributed by atoms with Crippen LogP contribution in [0.3, 0.4) is 0 Å². The smallest absolute Gasteiger partial charge is 0.348 e. The van der Waals surface area contributed by atoms with E-state index in [9.17, 15) is 4.79 Å². The Balaban J connectivity index is 2.30. The van der Waals surface area contributed by atoms with E-state index in [0.29, 0.717) is 11.5 Å². The number of hydrogen-bond donors (Lipinski definition) is 0.